The number of ketones is 1. The van der Waals surface area contributed by atoms with Crippen LogP contribution in [0.15, 0.2) is 41.6 Å². The SMILES string of the molecule is COCOc1ccc2c(c1)CC1C(=O)C=C(O)C(O)=C1O2. The van der Waals surface area contributed by atoms with Crippen molar-refractivity contribution in [3.8, 4) is 11.5 Å². The topological polar surface area (TPSA) is 85.2 Å². The summed E-state index contributed by atoms with van der Waals surface area (Å²) in [7, 11) is 1.53. The third-order valence-electron chi connectivity index (χ3n) is 3.43. The van der Waals surface area contributed by atoms with Crippen LogP contribution in [0.5, 0.6) is 11.5 Å². The van der Waals surface area contributed by atoms with Crippen molar-refractivity contribution in [1.82, 2.24) is 0 Å². The van der Waals surface area contributed by atoms with Crippen LogP contribution in [0.3, 0.4) is 0 Å². The highest BCUT2D eigenvalue weighted by Gasteiger charge is 2.37. The Hall–Kier alpha value is -2.47. The van der Waals surface area contributed by atoms with Crippen molar-refractivity contribution in [3.63, 3.8) is 0 Å². The molecular weight excluding hydrogens is 276 g/mol. The summed E-state index contributed by atoms with van der Waals surface area (Å²) in [5.41, 5.74) is 0.799. The van der Waals surface area contributed by atoms with E-state index in [9.17, 15) is 15.0 Å². The standard InChI is InChI=1S/C15H14O6/c1-19-7-20-9-2-3-13-8(4-9)5-10-11(16)6-12(17)14(18)15(10)21-13/h2-4,6,10,17-18H,5,7H2,1H3. The summed E-state index contributed by atoms with van der Waals surface area (Å²) in [4.78, 5) is 11.9. The van der Waals surface area contributed by atoms with Crippen LogP contribution in [0.25, 0.3) is 0 Å². The van der Waals surface area contributed by atoms with Crippen LogP contribution in [0.1, 0.15) is 5.56 Å². The molecule has 6 nitrogen and oxygen atoms in total. The van der Waals surface area contributed by atoms with E-state index >= 15 is 0 Å². The zero-order chi connectivity index (χ0) is 15.0. The van der Waals surface area contributed by atoms with Gasteiger partial charge in [-0.05, 0) is 30.2 Å². The number of allylic oxidation sites excluding steroid dienone is 2. The van der Waals surface area contributed by atoms with Gasteiger partial charge in [0.25, 0.3) is 0 Å². The van der Waals surface area contributed by atoms with E-state index in [1.54, 1.807) is 18.2 Å². The van der Waals surface area contributed by atoms with E-state index in [-0.39, 0.29) is 24.1 Å². The second kappa shape index (κ2) is 5.14. The highest BCUT2D eigenvalue weighted by atomic mass is 16.7. The minimum atomic E-state index is -0.619. The molecule has 1 aromatic carbocycles. The first-order valence-corrected chi connectivity index (χ1v) is 6.40. The fraction of sp³-hybridized carbons (Fsp3) is 0.267. The summed E-state index contributed by atoms with van der Waals surface area (Å²) in [6, 6.07) is 5.17. The van der Waals surface area contributed by atoms with E-state index in [0.717, 1.165) is 11.6 Å². The Morgan fingerprint density at radius 1 is 1.38 bits per heavy atom. The molecule has 6 heteroatoms. The summed E-state index contributed by atoms with van der Waals surface area (Å²) < 4.78 is 15.8. The fourth-order valence-electron chi connectivity index (χ4n) is 2.41. The molecule has 1 unspecified atom stereocenters. The third-order valence-corrected chi connectivity index (χ3v) is 3.43. The molecule has 0 saturated heterocycles. The van der Waals surface area contributed by atoms with Gasteiger partial charge in [0.1, 0.15) is 11.5 Å². The van der Waals surface area contributed by atoms with Crippen LogP contribution >= 0.6 is 0 Å². The number of hydrogen-bond acceptors (Lipinski definition) is 6. The van der Waals surface area contributed by atoms with Crippen molar-refractivity contribution < 1.29 is 29.2 Å². The van der Waals surface area contributed by atoms with Crippen LogP contribution in [-0.2, 0) is 16.0 Å². The van der Waals surface area contributed by atoms with E-state index in [1.807, 2.05) is 0 Å². The number of fused-ring (bicyclic) bond motifs is 2. The lowest BCUT2D eigenvalue weighted by Crippen LogP contribution is -2.30. The minimum Gasteiger partial charge on any atom is -0.504 e. The first-order chi connectivity index (χ1) is 10.1. The van der Waals surface area contributed by atoms with Crippen molar-refractivity contribution >= 4 is 5.78 Å². The smallest absolute Gasteiger partial charge is 0.197 e. The predicted octanol–water partition coefficient (Wildman–Crippen LogP) is 2.01. The molecule has 2 N–H and O–H groups in total. The van der Waals surface area contributed by atoms with Gasteiger partial charge in [0.05, 0.1) is 5.92 Å². The highest BCUT2D eigenvalue weighted by Crippen LogP contribution is 2.39. The van der Waals surface area contributed by atoms with Crippen LogP contribution in [0, 0.1) is 5.92 Å². The maximum absolute atomic E-state index is 11.9. The van der Waals surface area contributed by atoms with E-state index in [0.29, 0.717) is 17.9 Å². The molecule has 0 bridgehead atoms. The Morgan fingerprint density at radius 3 is 2.95 bits per heavy atom. The largest absolute Gasteiger partial charge is 0.504 e. The summed E-state index contributed by atoms with van der Waals surface area (Å²) in [5.74, 6) is -0.532. The van der Waals surface area contributed by atoms with Gasteiger partial charge < -0.3 is 24.4 Å². The second-order valence-electron chi connectivity index (χ2n) is 4.82. The van der Waals surface area contributed by atoms with Gasteiger partial charge in [-0.1, -0.05) is 0 Å². The molecule has 0 aromatic heterocycles. The molecule has 3 rings (SSSR count). The zero-order valence-electron chi connectivity index (χ0n) is 11.3. The van der Waals surface area contributed by atoms with Crippen molar-refractivity contribution in [1.29, 1.82) is 0 Å². The van der Waals surface area contributed by atoms with Gasteiger partial charge in [0.15, 0.2) is 29.9 Å². The molecule has 0 amide bonds. The number of aliphatic hydroxyl groups is 2. The van der Waals surface area contributed by atoms with Crippen LogP contribution in [-0.4, -0.2) is 29.9 Å². The molecule has 0 radical (unpaired) electrons. The Morgan fingerprint density at radius 2 is 2.19 bits per heavy atom. The molecule has 0 fully saturated rings. The molecule has 0 spiro atoms. The number of carbonyl (C=O) groups excluding carboxylic acids is 1. The van der Waals surface area contributed by atoms with Crippen LogP contribution < -0.4 is 9.47 Å². The van der Waals surface area contributed by atoms with E-state index in [1.165, 1.54) is 7.11 Å². The Labute approximate surface area is 120 Å². The van der Waals surface area contributed by atoms with Gasteiger partial charge in [-0.3, -0.25) is 4.79 Å². The molecule has 110 valence electrons. The number of ether oxygens (including phenoxy) is 3. The molecule has 1 aliphatic heterocycles. The molecule has 21 heavy (non-hydrogen) atoms. The van der Waals surface area contributed by atoms with Crippen molar-refractivity contribution in [3.05, 3.63) is 47.1 Å². The Kier molecular flexibility index (Phi) is 3.31. The number of carbonyl (C=O) groups is 1. The van der Waals surface area contributed by atoms with Gasteiger partial charge >= 0.3 is 0 Å². The van der Waals surface area contributed by atoms with Gasteiger partial charge in [-0.25, -0.2) is 0 Å². The minimum absolute atomic E-state index is 0.0954. The van der Waals surface area contributed by atoms with Crippen molar-refractivity contribution in [2.75, 3.05) is 13.9 Å². The lowest BCUT2D eigenvalue weighted by atomic mass is 9.86. The van der Waals surface area contributed by atoms with Gasteiger partial charge in [-0.2, -0.15) is 0 Å². The average molecular weight is 290 g/mol. The maximum atomic E-state index is 11.9. The molecule has 0 saturated carbocycles. The quantitative estimate of drug-likeness (QED) is 0.828. The van der Waals surface area contributed by atoms with E-state index in [2.05, 4.69) is 0 Å². The number of rotatable bonds is 3. The lowest BCUT2D eigenvalue weighted by molar-refractivity contribution is -0.118. The number of aliphatic hydroxyl groups excluding tert-OH is 2. The first kappa shape index (κ1) is 13.5. The van der Waals surface area contributed by atoms with Gasteiger partial charge in [0, 0.05) is 13.2 Å². The lowest BCUT2D eigenvalue weighted by Gasteiger charge is -2.29. The predicted molar refractivity (Wildman–Crippen MR) is 72.1 cm³/mol. The molecule has 1 aromatic rings. The molecular formula is C15H14O6. The Balaban J connectivity index is 1.94. The summed E-state index contributed by atoms with van der Waals surface area (Å²) in [6.07, 6.45) is 1.39. The normalized spacial score (nSPS) is 20.3. The average Bonchev–Trinajstić information content (AvgIpc) is 2.49. The summed E-state index contributed by atoms with van der Waals surface area (Å²) >= 11 is 0. The number of hydrogen-bond donors (Lipinski definition) is 2. The van der Waals surface area contributed by atoms with Crippen molar-refractivity contribution in [2.45, 2.75) is 6.42 Å². The number of methoxy groups -OCH3 is 1. The first-order valence-electron chi connectivity index (χ1n) is 6.40. The third kappa shape index (κ3) is 2.34. The molecule has 1 aliphatic carbocycles. The second-order valence-corrected chi connectivity index (χ2v) is 4.82. The van der Waals surface area contributed by atoms with Crippen molar-refractivity contribution in [2.24, 2.45) is 5.92 Å². The Bertz CT molecular complexity index is 658. The van der Waals surface area contributed by atoms with Crippen LogP contribution in [0.4, 0.5) is 0 Å². The molecule has 1 heterocycles. The van der Waals surface area contributed by atoms with E-state index < -0.39 is 11.7 Å². The summed E-state index contributed by atoms with van der Waals surface area (Å²) in [5, 5.41) is 19.3. The van der Waals surface area contributed by atoms with E-state index in [4.69, 9.17) is 14.2 Å². The number of benzene rings is 1. The van der Waals surface area contributed by atoms with Gasteiger partial charge in [0.2, 0.25) is 0 Å². The summed E-state index contributed by atoms with van der Waals surface area (Å²) in [6.45, 7) is 0.130. The monoisotopic (exact) mass is 290 g/mol. The fourth-order valence-corrected chi connectivity index (χ4v) is 2.41. The molecule has 2 aliphatic rings. The van der Waals surface area contributed by atoms with Gasteiger partial charge in [-0.15, -0.1) is 0 Å². The highest BCUT2D eigenvalue weighted by molar-refractivity contribution is 5.96. The van der Waals surface area contributed by atoms with Crippen LogP contribution in [0.2, 0.25) is 0 Å². The zero-order valence-corrected chi connectivity index (χ0v) is 11.3. The molecule has 1 atom stereocenters. The maximum Gasteiger partial charge on any atom is 0.197 e.